The Bertz CT molecular complexity index is 848. The number of carbonyl (C=O) groups is 1. The van der Waals surface area contributed by atoms with Gasteiger partial charge in [-0.3, -0.25) is 4.90 Å². The third-order valence-corrected chi connectivity index (χ3v) is 5.72. The summed E-state index contributed by atoms with van der Waals surface area (Å²) in [6.07, 6.45) is -0.890. The second-order valence-corrected chi connectivity index (χ2v) is 9.83. The summed E-state index contributed by atoms with van der Waals surface area (Å²) in [5.41, 5.74) is 0.428. The normalized spacial score (nSPS) is 19.4. The van der Waals surface area contributed by atoms with Crippen molar-refractivity contribution in [2.24, 2.45) is 0 Å². The summed E-state index contributed by atoms with van der Waals surface area (Å²) in [5.74, 6) is 0.713. The number of piperazine rings is 1. The monoisotopic (exact) mass is 421 g/mol. The number of thiazole rings is 1. The van der Waals surface area contributed by atoms with Crippen LogP contribution in [-0.2, 0) is 4.74 Å². The van der Waals surface area contributed by atoms with Crippen LogP contribution >= 0.6 is 11.3 Å². The molecule has 0 unspecified atom stereocenters. The maximum Gasteiger partial charge on any atom is 0.410 e. The van der Waals surface area contributed by atoms with Gasteiger partial charge >= 0.3 is 6.09 Å². The zero-order chi connectivity index (χ0) is 21.2. The third kappa shape index (κ3) is 6.04. The largest absolute Gasteiger partial charge is 0.491 e. The smallest absolute Gasteiger partial charge is 0.410 e. The SMILES string of the molecule is Cc1nc2cc(OC[C@H](O)CN3CCN(C(=O)OC(C)(C)C)C[C@@H]3C)ccc2s1. The second-order valence-electron chi connectivity index (χ2n) is 8.60. The average molecular weight is 422 g/mol. The zero-order valence-corrected chi connectivity index (χ0v) is 18.7. The van der Waals surface area contributed by atoms with Crippen molar-refractivity contribution in [3.05, 3.63) is 23.2 Å². The van der Waals surface area contributed by atoms with Crippen LogP contribution in [0.25, 0.3) is 10.2 Å². The summed E-state index contributed by atoms with van der Waals surface area (Å²) >= 11 is 1.65. The molecule has 3 rings (SSSR count). The van der Waals surface area contributed by atoms with Crippen molar-refractivity contribution < 1.29 is 19.4 Å². The van der Waals surface area contributed by atoms with Crippen molar-refractivity contribution in [1.29, 1.82) is 0 Å². The van der Waals surface area contributed by atoms with E-state index in [0.29, 0.717) is 31.9 Å². The maximum absolute atomic E-state index is 12.3. The number of amides is 1. The summed E-state index contributed by atoms with van der Waals surface area (Å²) in [5, 5.41) is 11.5. The van der Waals surface area contributed by atoms with Crippen LogP contribution in [0.5, 0.6) is 5.75 Å². The van der Waals surface area contributed by atoms with E-state index in [-0.39, 0.29) is 18.7 Å². The lowest BCUT2D eigenvalue weighted by molar-refractivity contribution is -0.00608. The maximum atomic E-state index is 12.3. The predicted octanol–water partition coefficient (Wildman–Crippen LogP) is 3.29. The number of nitrogens with zero attached hydrogens (tertiary/aromatic N) is 3. The Kier molecular flexibility index (Phi) is 6.65. The number of ether oxygens (including phenoxy) is 2. The molecule has 2 atom stereocenters. The van der Waals surface area contributed by atoms with Crippen LogP contribution in [-0.4, -0.2) is 76.5 Å². The van der Waals surface area contributed by atoms with Gasteiger partial charge in [0.1, 0.15) is 24.1 Å². The highest BCUT2D eigenvalue weighted by molar-refractivity contribution is 7.18. The number of benzene rings is 1. The minimum atomic E-state index is -0.613. The fourth-order valence-electron chi connectivity index (χ4n) is 3.39. The van der Waals surface area contributed by atoms with Gasteiger partial charge in [0.2, 0.25) is 0 Å². The minimum Gasteiger partial charge on any atom is -0.491 e. The van der Waals surface area contributed by atoms with Gasteiger partial charge in [-0.1, -0.05) is 0 Å². The fraction of sp³-hybridized carbons (Fsp3) is 0.619. The van der Waals surface area contributed by atoms with Crippen molar-refractivity contribution in [1.82, 2.24) is 14.8 Å². The number of aryl methyl sites for hydroxylation is 1. The number of carbonyl (C=O) groups excluding carboxylic acids is 1. The molecule has 1 aromatic heterocycles. The van der Waals surface area contributed by atoms with Crippen molar-refractivity contribution in [3.8, 4) is 5.75 Å². The van der Waals surface area contributed by atoms with E-state index in [4.69, 9.17) is 9.47 Å². The fourth-order valence-corrected chi connectivity index (χ4v) is 4.19. The molecule has 160 valence electrons. The lowest BCUT2D eigenvalue weighted by atomic mass is 10.1. The quantitative estimate of drug-likeness (QED) is 0.799. The molecular formula is C21H31N3O4S. The Balaban J connectivity index is 1.46. The molecule has 0 bridgehead atoms. The number of β-amino-alcohol motifs (C(OH)–C–C–N with tert-alkyl or cyclic N) is 1. The summed E-state index contributed by atoms with van der Waals surface area (Å²) in [6.45, 7) is 12.2. The van der Waals surface area contributed by atoms with Gasteiger partial charge in [-0.15, -0.1) is 11.3 Å². The molecule has 2 aromatic rings. The first-order valence-corrected chi connectivity index (χ1v) is 10.8. The van der Waals surface area contributed by atoms with Crippen LogP contribution in [0, 0.1) is 6.92 Å². The Hall–Kier alpha value is -1.90. The van der Waals surface area contributed by atoms with Crippen molar-refractivity contribution in [3.63, 3.8) is 0 Å². The zero-order valence-electron chi connectivity index (χ0n) is 17.8. The van der Waals surface area contributed by atoms with E-state index in [2.05, 4.69) is 16.8 Å². The highest BCUT2D eigenvalue weighted by Crippen LogP contribution is 2.25. The summed E-state index contributed by atoms with van der Waals surface area (Å²) in [4.78, 5) is 20.6. The molecule has 0 radical (unpaired) electrons. The standard InChI is InChI=1S/C21H31N3O4S/c1-14-11-24(20(26)28-21(3,4)5)9-8-23(14)12-16(25)13-27-17-6-7-19-18(10-17)22-15(2)29-19/h6-7,10,14,16,25H,8-9,11-13H2,1-5H3/t14-,16+/m0/s1. The van der Waals surface area contributed by atoms with Gasteiger partial charge in [-0.25, -0.2) is 9.78 Å². The Morgan fingerprint density at radius 2 is 2.14 bits per heavy atom. The van der Waals surface area contributed by atoms with Crippen molar-refractivity contribution in [2.45, 2.75) is 52.4 Å². The van der Waals surface area contributed by atoms with E-state index in [9.17, 15) is 9.90 Å². The van der Waals surface area contributed by atoms with Gasteiger partial charge < -0.3 is 19.5 Å². The molecule has 2 heterocycles. The Morgan fingerprint density at radius 1 is 1.38 bits per heavy atom. The molecule has 1 aromatic carbocycles. The van der Waals surface area contributed by atoms with E-state index in [1.807, 2.05) is 45.9 Å². The lowest BCUT2D eigenvalue weighted by Gasteiger charge is -2.40. The third-order valence-electron chi connectivity index (χ3n) is 4.77. The van der Waals surface area contributed by atoms with E-state index in [1.165, 1.54) is 0 Å². The van der Waals surface area contributed by atoms with Crippen LogP contribution in [0.15, 0.2) is 18.2 Å². The van der Waals surface area contributed by atoms with Gasteiger partial charge in [0.25, 0.3) is 0 Å². The Labute approximate surface area is 176 Å². The van der Waals surface area contributed by atoms with Gasteiger partial charge in [0, 0.05) is 38.3 Å². The van der Waals surface area contributed by atoms with Crippen molar-refractivity contribution in [2.75, 3.05) is 32.8 Å². The van der Waals surface area contributed by atoms with E-state index < -0.39 is 11.7 Å². The van der Waals surface area contributed by atoms with Crippen LogP contribution in [0.2, 0.25) is 0 Å². The second kappa shape index (κ2) is 8.85. The topological polar surface area (TPSA) is 75.1 Å². The summed E-state index contributed by atoms with van der Waals surface area (Å²) in [6, 6.07) is 5.96. The van der Waals surface area contributed by atoms with Crippen LogP contribution in [0.1, 0.15) is 32.7 Å². The van der Waals surface area contributed by atoms with E-state index >= 15 is 0 Å². The average Bonchev–Trinajstić information content (AvgIpc) is 2.99. The minimum absolute atomic E-state index is 0.139. The van der Waals surface area contributed by atoms with E-state index in [1.54, 1.807) is 16.2 Å². The van der Waals surface area contributed by atoms with Gasteiger partial charge in [0.05, 0.1) is 15.2 Å². The number of fused-ring (bicyclic) bond motifs is 1. The summed E-state index contributed by atoms with van der Waals surface area (Å²) < 4.78 is 12.4. The number of aliphatic hydroxyl groups is 1. The van der Waals surface area contributed by atoms with E-state index in [0.717, 1.165) is 15.2 Å². The summed E-state index contributed by atoms with van der Waals surface area (Å²) in [7, 11) is 0. The first-order valence-electron chi connectivity index (χ1n) is 10.0. The van der Waals surface area contributed by atoms with Crippen molar-refractivity contribution >= 4 is 27.6 Å². The molecule has 7 nitrogen and oxygen atoms in total. The highest BCUT2D eigenvalue weighted by atomic mass is 32.1. The molecule has 1 fully saturated rings. The number of hydrogen-bond donors (Lipinski definition) is 1. The first kappa shape index (κ1) is 21.8. The van der Waals surface area contributed by atoms with Gasteiger partial charge in [-0.05, 0) is 46.8 Å². The molecule has 29 heavy (non-hydrogen) atoms. The first-order chi connectivity index (χ1) is 13.6. The van der Waals surface area contributed by atoms with Crippen LogP contribution in [0.4, 0.5) is 4.79 Å². The Morgan fingerprint density at radius 3 is 2.83 bits per heavy atom. The highest BCUT2D eigenvalue weighted by Gasteiger charge is 2.30. The molecule has 0 spiro atoms. The molecule has 1 N–H and O–H groups in total. The molecule has 8 heteroatoms. The number of rotatable bonds is 5. The molecule has 0 saturated carbocycles. The van der Waals surface area contributed by atoms with Crippen LogP contribution in [0.3, 0.4) is 0 Å². The lowest BCUT2D eigenvalue weighted by Crippen LogP contribution is -2.56. The van der Waals surface area contributed by atoms with Gasteiger partial charge in [0.15, 0.2) is 0 Å². The number of aromatic nitrogens is 1. The molecule has 0 aliphatic carbocycles. The molecule has 1 aliphatic heterocycles. The van der Waals surface area contributed by atoms with Gasteiger partial charge in [-0.2, -0.15) is 0 Å². The molecule has 1 saturated heterocycles. The molecular weight excluding hydrogens is 390 g/mol. The molecule has 1 aliphatic rings. The number of aliphatic hydroxyl groups excluding tert-OH is 1. The molecule has 1 amide bonds. The predicted molar refractivity (Wildman–Crippen MR) is 115 cm³/mol. The number of hydrogen-bond acceptors (Lipinski definition) is 7. The van der Waals surface area contributed by atoms with Crippen LogP contribution < -0.4 is 4.74 Å².